The molecule has 0 spiro atoms. The zero-order chi connectivity index (χ0) is 13.8. The van der Waals surface area contributed by atoms with E-state index in [1.165, 1.54) is 12.8 Å². The molecule has 0 radical (unpaired) electrons. The summed E-state index contributed by atoms with van der Waals surface area (Å²) >= 11 is 0. The zero-order valence-electron chi connectivity index (χ0n) is 11.6. The maximum atomic E-state index is 12.1. The van der Waals surface area contributed by atoms with Crippen LogP contribution in [0, 0.1) is 11.8 Å². The molecule has 0 aromatic carbocycles. The van der Waals surface area contributed by atoms with Gasteiger partial charge in [-0.3, -0.25) is 4.79 Å². The van der Waals surface area contributed by atoms with Crippen LogP contribution in [0.25, 0.3) is 0 Å². The third kappa shape index (κ3) is 3.61. The predicted molar refractivity (Wildman–Crippen MR) is 71.9 cm³/mol. The Morgan fingerprint density at radius 3 is 2.74 bits per heavy atom. The van der Waals surface area contributed by atoms with Gasteiger partial charge in [0.05, 0.1) is 5.92 Å². The number of nitrogens with one attached hydrogen (secondary N) is 1. The molecule has 2 rings (SSSR count). The van der Waals surface area contributed by atoms with E-state index in [0.717, 1.165) is 25.9 Å². The van der Waals surface area contributed by atoms with Crippen LogP contribution in [0.1, 0.15) is 45.4 Å². The van der Waals surface area contributed by atoms with E-state index < -0.39 is 5.97 Å². The van der Waals surface area contributed by atoms with Crippen LogP contribution in [0.15, 0.2) is 0 Å². The van der Waals surface area contributed by atoms with Gasteiger partial charge < -0.3 is 15.3 Å². The second-order valence-corrected chi connectivity index (χ2v) is 5.88. The maximum Gasteiger partial charge on any atom is 0.317 e. The second kappa shape index (κ2) is 6.26. The Bertz CT molecular complexity index is 346. The number of urea groups is 1. The summed E-state index contributed by atoms with van der Waals surface area (Å²) in [7, 11) is 0. The molecule has 1 saturated carbocycles. The van der Waals surface area contributed by atoms with Crippen molar-refractivity contribution in [1.82, 2.24) is 10.2 Å². The molecule has 3 atom stereocenters. The number of nitrogens with zero attached hydrogens (tertiary/aromatic N) is 1. The summed E-state index contributed by atoms with van der Waals surface area (Å²) in [6, 6.07) is 0.0356. The number of hydrogen-bond acceptors (Lipinski definition) is 2. The van der Waals surface area contributed by atoms with Crippen molar-refractivity contribution in [2.24, 2.45) is 11.8 Å². The first-order chi connectivity index (χ1) is 9.10. The quantitative estimate of drug-likeness (QED) is 0.820. The Morgan fingerprint density at radius 1 is 1.32 bits per heavy atom. The molecule has 3 unspecified atom stereocenters. The predicted octanol–water partition coefficient (Wildman–Crippen LogP) is 2.07. The molecule has 0 aromatic rings. The van der Waals surface area contributed by atoms with Crippen LogP contribution in [0.4, 0.5) is 4.79 Å². The normalized spacial score (nSPS) is 30.6. The van der Waals surface area contributed by atoms with Crippen molar-refractivity contribution in [1.29, 1.82) is 0 Å². The largest absolute Gasteiger partial charge is 0.481 e. The van der Waals surface area contributed by atoms with Crippen LogP contribution in [-0.4, -0.2) is 41.1 Å². The molecule has 1 aliphatic carbocycles. The lowest BCUT2D eigenvalue weighted by atomic mass is 10.0. The van der Waals surface area contributed by atoms with Gasteiger partial charge >= 0.3 is 12.0 Å². The molecular formula is C14H24N2O3. The van der Waals surface area contributed by atoms with Crippen LogP contribution >= 0.6 is 0 Å². The molecule has 2 N–H and O–H groups in total. The summed E-state index contributed by atoms with van der Waals surface area (Å²) in [5.41, 5.74) is 0. The van der Waals surface area contributed by atoms with Gasteiger partial charge in [-0.25, -0.2) is 4.79 Å². The van der Waals surface area contributed by atoms with Crippen molar-refractivity contribution in [2.45, 2.75) is 51.5 Å². The minimum Gasteiger partial charge on any atom is -0.481 e. The lowest BCUT2D eigenvalue weighted by Gasteiger charge is -2.20. The SMILES string of the molecule is CCCC1CCN(C(=O)NC2CCC(C(=O)O)C2)C1. The molecule has 19 heavy (non-hydrogen) atoms. The number of rotatable bonds is 4. The van der Waals surface area contributed by atoms with Gasteiger partial charge in [0.2, 0.25) is 0 Å². The monoisotopic (exact) mass is 268 g/mol. The summed E-state index contributed by atoms with van der Waals surface area (Å²) in [5, 5.41) is 11.9. The molecule has 1 saturated heterocycles. The molecule has 108 valence electrons. The summed E-state index contributed by atoms with van der Waals surface area (Å²) in [6.45, 7) is 3.87. The van der Waals surface area contributed by atoms with E-state index in [4.69, 9.17) is 5.11 Å². The molecule has 0 aromatic heterocycles. The fraction of sp³-hybridized carbons (Fsp3) is 0.857. The minimum atomic E-state index is -0.735. The van der Waals surface area contributed by atoms with E-state index in [1.807, 2.05) is 4.90 Å². The van der Waals surface area contributed by atoms with E-state index in [1.54, 1.807) is 0 Å². The number of likely N-dealkylation sites (tertiary alicyclic amines) is 1. The van der Waals surface area contributed by atoms with Gasteiger partial charge in [-0.1, -0.05) is 13.3 Å². The number of carbonyl (C=O) groups excluding carboxylic acids is 1. The second-order valence-electron chi connectivity index (χ2n) is 5.88. The lowest BCUT2D eigenvalue weighted by molar-refractivity contribution is -0.141. The average Bonchev–Trinajstić information content (AvgIpc) is 2.98. The van der Waals surface area contributed by atoms with Gasteiger partial charge in [-0.2, -0.15) is 0 Å². The highest BCUT2D eigenvalue weighted by molar-refractivity contribution is 5.75. The summed E-state index contributed by atoms with van der Waals surface area (Å²) < 4.78 is 0. The number of aliphatic carboxylic acids is 1. The van der Waals surface area contributed by atoms with Gasteiger partial charge in [-0.05, 0) is 38.0 Å². The van der Waals surface area contributed by atoms with Crippen LogP contribution < -0.4 is 5.32 Å². The Kier molecular flexibility index (Phi) is 4.66. The fourth-order valence-electron chi connectivity index (χ4n) is 3.26. The highest BCUT2D eigenvalue weighted by atomic mass is 16.4. The van der Waals surface area contributed by atoms with E-state index in [2.05, 4.69) is 12.2 Å². The summed E-state index contributed by atoms with van der Waals surface area (Å²) in [4.78, 5) is 24.9. The molecule has 2 fully saturated rings. The van der Waals surface area contributed by atoms with E-state index in [9.17, 15) is 9.59 Å². The van der Waals surface area contributed by atoms with Crippen LogP contribution in [0.5, 0.6) is 0 Å². The first kappa shape index (κ1) is 14.2. The highest BCUT2D eigenvalue weighted by Crippen LogP contribution is 2.26. The molecule has 2 amide bonds. The topological polar surface area (TPSA) is 69.6 Å². The average molecular weight is 268 g/mol. The molecule has 1 heterocycles. The van der Waals surface area contributed by atoms with Crippen molar-refractivity contribution in [2.75, 3.05) is 13.1 Å². The Labute approximate surface area is 114 Å². The lowest BCUT2D eigenvalue weighted by Crippen LogP contribution is -2.43. The van der Waals surface area contributed by atoms with Crippen molar-refractivity contribution in [3.63, 3.8) is 0 Å². The fourth-order valence-corrected chi connectivity index (χ4v) is 3.26. The smallest absolute Gasteiger partial charge is 0.317 e. The number of amides is 2. The first-order valence-electron chi connectivity index (χ1n) is 7.38. The zero-order valence-corrected chi connectivity index (χ0v) is 11.6. The van der Waals surface area contributed by atoms with Crippen molar-refractivity contribution < 1.29 is 14.7 Å². The third-order valence-electron chi connectivity index (χ3n) is 4.38. The summed E-state index contributed by atoms with van der Waals surface area (Å²) in [6.07, 6.45) is 5.50. The number of hydrogen-bond donors (Lipinski definition) is 2. The van der Waals surface area contributed by atoms with Crippen molar-refractivity contribution in [3.05, 3.63) is 0 Å². The molecule has 1 aliphatic heterocycles. The summed E-state index contributed by atoms with van der Waals surface area (Å²) in [5.74, 6) is -0.372. The number of carboxylic acids is 1. The van der Waals surface area contributed by atoms with E-state index in [0.29, 0.717) is 18.8 Å². The number of carboxylic acid groups (broad SMARTS) is 1. The third-order valence-corrected chi connectivity index (χ3v) is 4.38. The van der Waals surface area contributed by atoms with Gasteiger partial charge in [0, 0.05) is 19.1 Å². The van der Waals surface area contributed by atoms with Crippen molar-refractivity contribution >= 4 is 12.0 Å². The van der Waals surface area contributed by atoms with Gasteiger partial charge in [0.25, 0.3) is 0 Å². The van der Waals surface area contributed by atoms with Gasteiger partial charge in [0.15, 0.2) is 0 Å². The standard InChI is InChI=1S/C14H24N2O3/c1-2-3-10-6-7-16(9-10)14(19)15-12-5-4-11(8-12)13(17)18/h10-12H,2-9H2,1H3,(H,15,19)(H,17,18). The Balaban J connectivity index is 1.75. The molecule has 2 aliphatic rings. The minimum absolute atomic E-state index is 0.00496. The molecule has 0 bridgehead atoms. The molecule has 5 heteroatoms. The van der Waals surface area contributed by atoms with Crippen molar-refractivity contribution in [3.8, 4) is 0 Å². The Morgan fingerprint density at radius 2 is 2.11 bits per heavy atom. The van der Waals surface area contributed by atoms with Crippen LogP contribution in [0.3, 0.4) is 0 Å². The Hall–Kier alpha value is -1.26. The van der Waals surface area contributed by atoms with Gasteiger partial charge in [-0.15, -0.1) is 0 Å². The van der Waals surface area contributed by atoms with E-state index in [-0.39, 0.29) is 18.0 Å². The van der Waals surface area contributed by atoms with Crippen LogP contribution in [0.2, 0.25) is 0 Å². The van der Waals surface area contributed by atoms with E-state index >= 15 is 0 Å². The van der Waals surface area contributed by atoms with Crippen LogP contribution in [-0.2, 0) is 4.79 Å². The van der Waals surface area contributed by atoms with Gasteiger partial charge in [0.1, 0.15) is 0 Å². The highest BCUT2D eigenvalue weighted by Gasteiger charge is 2.32. The maximum absolute atomic E-state index is 12.1. The number of carbonyl (C=O) groups is 2. The molecular weight excluding hydrogens is 244 g/mol. The molecule has 5 nitrogen and oxygen atoms in total. The first-order valence-corrected chi connectivity index (χ1v) is 7.38.